The molecule has 2 aliphatic rings. The third-order valence-electron chi connectivity index (χ3n) is 6.45. The van der Waals surface area contributed by atoms with Crippen LogP contribution in [0.2, 0.25) is 0 Å². The lowest BCUT2D eigenvalue weighted by molar-refractivity contribution is -0.152. The van der Waals surface area contributed by atoms with Crippen molar-refractivity contribution in [3.05, 3.63) is 28.7 Å². The second-order valence-corrected chi connectivity index (χ2v) is 10.0. The van der Waals surface area contributed by atoms with Crippen molar-refractivity contribution in [3.8, 4) is 0 Å². The average molecular weight is 454 g/mol. The van der Waals surface area contributed by atoms with Gasteiger partial charge in [0.05, 0.1) is 12.0 Å². The van der Waals surface area contributed by atoms with E-state index >= 15 is 0 Å². The number of methoxy groups -OCH3 is 1. The van der Waals surface area contributed by atoms with Crippen molar-refractivity contribution in [2.45, 2.75) is 69.5 Å². The Morgan fingerprint density at radius 1 is 1.16 bits per heavy atom. The van der Waals surface area contributed by atoms with E-state index in [0.29, 0.717) is 19.5 Å². The highest BCUT2D eigenvalue weighted by molar-refractivity contribution is 7.89. The number of pyridine rings is 1. The van der Waals surface area contributed by atoms with E-state index in [1.807, 2.05) is 0 Å². The van der Waals surface area contributed by atoms with Gasteiger partial charge in [0.25, 0.3) is 5.56 Å². The zero-order valence-corrected chi connectivity index (χ0v) is 19.1. The maximum atomic E-state index is 13.3. The maximum Gasteiger partial charge on any atom is 0.328 e. The van der Waals surface area contributed by atoms with Crippen LogP contribution in [0, 0.1) is 5.92 Å². The lowest BCUT2D eigenvalue weighted by Gasteiger charge is -2.33. The molecule has 1 aliphatic heterocycles. The van der Waals surface area contributed by atoms with E-state index in [1.54, 1.807) is 18.7 Å². The van der Waals surface area contributed by atoms with Crippen LogP contribution in [0.25, 0.3) is 0 Å². The van der Waals surface area contributed by atoms with E-state index in [2.05, 4.69) is 0 Å². The molecule has 1 amide bonds. The number of likely N-dealkylation sites (tertiary alicyclic amines) is 1. The number of carbonyl (C=O) groups excluding carboxylic acids is 2. The molecular weight excluding hydrogens is 422 g/mol. The average Bonchev–Trinajstić information content (AvgIpc) is 3.15. The summed E-state index contributed by atoms with van der Waals surface area (Å²) >= 11 is 0. The van der Waals surface area contributed by atoms with E-state index in [1.165, 1.54) is 23.7 Å². The number of aromatic nitrogens is 1. The van der Waals surface area contributed by atoms with Crippen LogP contribution in [-0.2, 0) is 30.9 Å². The first kappa shape index (κ1) is 23.5. The van der Waals surface area contributed by atoms with Crippen molar-refractivity contribution in [3.63, 3.8) is 0 Å². The summed E-state index contributed by atoms with van der Waals surface area (Å²) in [5, 5.41) is 0. The molecule has 1 aromatic heterocycles. The highest BCUT2D eigenvalue weighted by atomic mass is 32.2. The Bertz CT molecular complexity index is 985. The molecule has 0 aromatic carbocycles. The molecule has 9 nitrogen and oxygen atoms in total. The maximum absolute atomic E-state index is 13.3. The van der Waals surface area contributed by atoms with Gasteiger partial charge < -0.3 is 14.2 Å². The minimum atomic E-state index is -3.77. The van der Waals surface area contributed by atoms with Gasteiger partial charge in [-0.3, -0.25) is 9.59 Å². The van der Waals surface area contributed by atoms with Crippen LogP contribution in [-0.4, -0.2) is 66.3 Å². The van der Waals surface area contributed by atoms with Gasteiger partial charge >= 0.3 is 5.97 Å². The fourth-order valence-electron chi connectivity index (χ4n) is 4.89. The number of nitrogens with zero attached hydrogens (tertiary/aromatic N) is 3. The van der Waals surface area contributed by atoms with E-state index in [4.69, 9.17) is 4.74 Å². The van der Waals surface area contributed by atoms with Gasteiger partial charge in [-0.15, -0.1) is 0 Å². The molecule has 1 aliphatic carbocycles. The van der Waals surface area contributed by atoms with E-state index < -0.39 is 27.6 Å². The molecule has 1 aromatic rings. The summed E-state index contributed by atoms with van der Waals surface area (Å²) in [5.74, 6) is -0.579. The summed E-state index contributed by atoms with van der Waals surface area (Å²) in [6.07, 6.45) is 5.61. The van der Waals surface area contributed by atoms with Gasteiger partial charge in [-0.2, -0.15) is 4.31 Å². The highest BCUT2D eigenvalue weighted by Crippen LogP contribution is 2.40. The van der Waals surface area contributed by atoms with Crippen LogP contribution in [0.15, 0.2) is 28.0 Å². The molecule has 1 saturated heterocycles. The largest absolute Gasteiger partial charge is 0.467 e. The quantitative estimate of drug-likeness (QED) is 0.575. The van der Waals surface area contributed by atoms with Gasteiger partial charge in [0.15, 0.2) is 0 Å². The molecule has 3 rings (SSSR count). The summed E-state index contributed by atoms with van der Waals surface area (Å²) in [4.78, 5) is 39.6. The third kappa shape index (κ3) is 4.55. The second kappa shape index (κ2) is 9.52. The van der Waals surface area contributed by atoms with Gasteiger partial charge in [-0.1, -0.05) is 26.7 Å². The molecule has 31 heavy (non-hydrogen) atoms. The van der Waals surface area contributed by atoms with Gasteiger partial charge in [0, 0.05) is 31.4 Å². The number of ether oxygens (including phenoxy) is 1. The molecule has 0 N–H and O–H groups in total. The van der Waals surface area contributed by atoms with Gasteiger partial charge in [-0.25, -0.2) is 13.2 Å². The van der Waals surface area contributed by atoms with Crippen molar-refractivity contribution in [1.29, 1.82) is 0 Å². The van der Waals surface area contributed by atoms with Gasteiger partial charge in [0.1, 0.15) is 12.6 Å². The summed E-state index contributed by atoms with van der Waals surface area (Å²) in [5.41, 5.74) is -0.471. The monoisotopic (exact) mass is 453 g/mol. The minimum absolute atomic E-state index is 0.0370. The fourth-order valence-corrected chi connectivity index (χ4v) is 6.37. The number of sulfonamides is 1. The first-order valence-corrected chi connectivity index (χ1v) is 12.3. The number of carbonyl (C=O) groups is 2. The lowest BCUT2D eigenvalue weighted by atomic mass is 9.85. The Labute approximate surface area is 183 Å². The van der Waals surface area contributed by atoms with Crippen molar-refractivity contribution in [1.82, 2.24) is 13.8 Å². The molecule has 3 unspecified atom stereocenters. The summed E-state index contributed by atoms with van der Waals surface area (Å²) < 4.78 is 33.0. The zero-order chi connectivity index (χ0) is 22.8. The number of fused-ring (bicyclic) bond motifs is 1. The van der Waals surface area contributed by atoms with Crippen LogP contribution in [0.1, 0.15) is 46.0 Å². The van der Waals surface area contributed by atoms with Crippen molar-refractivity contribution in [2.75, 3.05) is 20.2 Å². The molecule has 0 radical (unpaired) electrons. The lowest BCUT2D eigenvalue weighted by Crippen LogP contribution is -2.48. The number of hydrogen-bond acceptors (Lipinski definition) is 6. The summed E-state index contributed by atoms with van der Waals surface area (Å²) in [6.45, 7) is 3.75. The Morgan fingerprint density at radius 3 is 2.48 bits per heavy atom. The van der Waals surface area contributed by atoms with Crippen molar-refractivity contribution in [2.24, 2.45) is 5.92 Å². The predicted octanol–water partition coefficient (Wildman–Crippen LogP) is 1.21. The SMILES string of the molecule is CCN(CC)S(=O)(=O)c1ccc(=O)n(CC(=O)N2C(C(=O)OC)CC3CCCCC32)c1. The first-order chi connectivity index (χ1) is 14.7. The fraction of sp³-hybridized carbons (Fsp3) is 0.667. The van der Waals surface area contributed by atoms with E-state index in [0.717, 1.165) is 36.3 Å². The topological polar surface area (TPSA) is 106 Å². The normalized spacial score (nSPS) is 23.6. The second-order valence-electron chi connectivity index (χ2n) is 8.11. The smallest absolute Gasteiger partial charge is 0.328 e. The molecule has 1 saturated carbocycles. The Morgan fingerprint density at radius 2 is 1.84 bits per heavy atom. The van der Waals surface area contributed by atoms with Crippen LogP contribution in [0.3, 0.4) is 0 Å². The van der Waals surface area contributed by atoms with Gasteiger partial charge in [-0.05, 0) is 31.2 Å². The zero-order valence-electron chi connectivity index (χ0n) is 18.3. The Kier molecular flexibility index (Phi) is 7.20. The number of rotatable bonds is 7. The van der Waals surface area contributed by atoms with Crippen LogP contribution in [0.5, 0.6) is 0 Å². The molecule has 3 atom stereocenters. The number of amides is 1. The summed E-state index contributed by atoms with van der Waals surface area (Å²) in [6, 6.07) is 1.71. The van der Waals surface area contributed by atoms with Crippen LogP contribution < -0.4 is 5.56 Å². The Balaban J connectivity index is 1.90. The molecule has 0 spiro atoms. The third-order valence-corrected chi connectivity index (χ3v) is 8.49. The van der Waals surface area contributed by atoms with E-state index in [9.17, 15) is 22.8 Å². The van der Waals surface area contributed by atoms with Crippen LogP contribution in [0.4, 0.5) is 0 Å². The van der Waals surface area contributed by atoms with Crippen molar-refractivity contribution >= 4 is 21.9 Å². The number of esters is 1. The number of hydrogen-bond donors (Lipinski definition) is 0. The van der Waals surface area contributed by atoms with E-state index in [-0.39, 0.29) is 29.3 Å². The molecule has 2 fully saturated rings. The summed E-state index contributed by atoms with van der Waals surface area (Å²) in [7, 11) is -2.46. The van der Waals surface area contributed by atoms with Crippen LogP contribution >= 0.6 is 0 Å². The minimum Gasteiger partial charge on any atom is -0.467 e. The Hall–Kier alpha value is -2.20. The molecule has 0 bridgehead atoms. The molecule has 10 heteroatoms. The highest BCUT2D eigenvalue weighted by Gasteiger charge is 2.47. The predicted molar refractivity (Wildman–Crippen MR) is 114 cm³/mol. The van der Waals surface area contributed by atoms with Crippen molar-refractivity contribution < 1.29 is 22.7 Å². The molecule has 172 valence electrons. The standard InChI is InChI=1S/C21H31N3O6S/c1-4-23(5-2)31(28,29)16-10-11-19(25)22(13-16)14-20(26)24-17-9-7-6-8-15(17)12-18(24)21(27)30-3/h10-11,13,15,17-18H,4-9,12,14H2,1-3H3. The first-order valence-electron chi connectivity index (χ1n) is 10.8. The van der Waals surface area contributed by atoms with Gasteiger partial charge in [0.2, 0.25) is 15.9 Å². The molecular formula is C21H31N3O6S. The molecule has 2 heterocycles.